The molecule has 0 aromatic heterocycles. The number of rotatable bonds is 12. The molecule has 1 aromatic rings. The minimum Gasteiger partial charge on any atom is -0.480 e. The lowest BCUT2D eigenvalue weighted by atomic mass is 10.00. The summed E-state index contributed by atoms with van der Waals surface area (Å²) in [6.07, 6.45) is 9.88. The van der Waals surface area contributed by atoms with Crippen molar-refractivity contribution in [1.82, 2.24) is 9.80 Å². The van der Waals surface area contributed by atoms with Crippen LogP contribution in [0.5, 0.6) is 5.75 Å². The number of aryl methyl sites for hydroxylation is 2. The summed E-state index contributed by atoms with van der Waals surface area (Å²) >= 11 is 0. The van der Waals surface area contributed by atoms with Gasteiger partial charge in [0.05, 0.1) is 0 Å². The molecule has 0 saturated carbocycles. The number of nitrogens with zero attached hydrogens (tertiary/aromatic N) is 2. The van der Waals surface area contributed by atoms with E-state index in [1.54, 1.807) is 0 Å². The number of benzene rings is 1. The molecule has 1 aromatic carbocycles. The van der Waals surface area contributed by atoms with Crippen molar-refractivity contribution in [3.63, 3.8) is 0 Å². The third-order valence-electron chi connectivity index (χ3n) is 5.97. The Kier molecular flexibility index (Phi) is 10.5. The molecular formula is C25H42N2O2. The fraction of sp³-hybridized carbons (Fsp3) is 0.720. The van der Waals surface area contributed by atoms with Crippen LogP contribution in [0.1, 0.15) is 76.8 Å². The number of carbonyl (C=O) groups excluding carboxylic acids is 1. The summed E-state index contributed by atoms with van der Waals surface area (Å²) in [6.45, 7) is 10.0. The SMILES string of the molecule is CCCCCc1ccc(OC(CC)C(=O)N2CCN(C)CC2)c(CCCCC)c1. The number of hydrogen-bond acceptors (Lipinski definition) is 3. The topological polar surface area (TPSA) is 32.8 Å². The van der Waals surface area contributed by atoms with E-state index in [-0.39, 0.29) is 12.0 Å². The first kappa shape index (κ1) is 23.7. The van der Waals surface area contributed by atoms with Crippen molar-refractivity contribution in [2.75, 3.05) is 33.2 Å². The Hall–Kier alpha value is -1.55. The highest BCUT2D eigenvalue weighted by atomic mass is 16.5. The third-order valence-corrected chi connectivity index (χ3v) is 5.97. The van der Waals surface area contributed by atoms with Crippen LogP contribution in [-0.4, -0.2) is 55.0 Å². The molecule has 1 unspecified atom stereocenters. The number of unbranched alkanes of at least 4 members (excludes halogenated alkanes) is 4. The average molecular weight is 403 g/mol. The highest BCUT2D eigenvalue weighted by Gasteiger charge is 2.27. The molecule has 164 valence electrons. The van der Waals surface area contributed by atoms with E-state index in [4.69, 9.17) is 4.74 Å². The van der Waals surface area contributed by atoms with Gasteiger partial charge in [-0.05, 0) is 56.3 Å². The molecule has 1 aliphatic rings. The summed E-state index contributed by atoms with van der Waals surface area (Å²) < 4.78 is 6.34. The molecule has 0 N–H and O–H groups in total. The van der Waals surface area contributed by atoms with E-state index in [2.05, 4.69) is 50.9 Å². The minimum absolute atomic E-state index is 0.145. The van der Waals surface area contributed by atoms with E-state index in [1.807, 2.05) is 4.90 Å². The lowest BCUT2D eigenvalue weighted by Gasteiger charge is -2.34. The smallest absolute Gasteiger partial charge is 0.263 e. The lowest BCUT2D eigenvalue weighted by molar-refractivity contribution is -0.140. The van der Waals surface area contributed by atoms with Gasteiger partial charge in [-0.1, -0.05) is 58.6 Å². The molecule has 2 rings (SSSR count). The van der Waals surface area contributed by atoms with Gasteiger partial charge >= 0.3 is 0 Å². The van der Waals surface area contributed by atoms with Gasteiger partial charge in [0.15, 0.2) is 6.10 Å². The van der Waals surface area contributed by atoms with Gasteiger partial charge in [-0.3, -0.25) is 4.79 Å². The van der Waals surface area contributed by atoms with Gasteiger partial charge in [0, 0.05) is 26.2 Å². The zero-order chi connectivity index (χ0) is 21.1. The van der Waals surface area contributed by atoms with Crippen molar-refractivity contribution in [3.05, 3.63) is 29.3 Å². The van der Waals surface area contributed by atoms with Gasteiger partial charge in [0.25, 0.3) is 5.91 Å². The van der Waals surface area contributed by atoms with E-state index in [0.29, 0.717) is 6.42 Å². The van der Waals surface area contributed by atoms with Gasteiger partial charge in [-0.2, -0.15) is 0 Å². The van der Waals surface area contributed by atoms with Crippen molar-refractivity contribution < 1.29 is 9.53 Å². The Bertz CT molecular complexity index is 609. The van der Waals surface area contributed by atoms with Crippen LogP contribution in [0.15, 0.2) is 18.2 Å². The van der Waals surface area contributed by atoms with Crippen LogP contribution in [0.3, 0.4) is 0 Å². The van der Waals surface area contributed by atoms with Crippen molar-refractivity contribution in [2.45, 2.75) is 84.7 Å². The summed E-state index contributed by atoms with van der Waals surface area (Å²) in [7, 11) is 2.11. The average Bonchev–Trinajstić information content (AvgIpc) is 2.73. The van der Waals surface area contributed by atoms with E-state index in [9.17, 15) is 4.79 Å². The molecule has 0 radical (unpaired) electrons. The normalized spacial score (nSPS) is 16.1. The summed E-state index contributed by atoms with van der Waals surface area (Å²) in [6, 6.07) is 6.64. The molecule has 0 aliphatic carbocycles. The van der Waals surface area contributed by atoms with E-state index in [1.165, 1.54) is 49.7 Å². The summed E-state index contributed by atoms with van der Waals surface area (Å²) in [5.41, 5.74) is 2.67. The second-order valence-corrected chi connectivity index (χ2v) is 8.50. The Labute approximate surface area is 178 Å². The minimum atomic E-state index is -0.380. The van der Waals surface area contributed by atoms with E-state index < -0.39 is 0 Å². The molecule has 0 bridgehead atoms. The number of hydrogen-bond donors (Lipinski definition) is 0. The molecule has 4 nitrogen and oxygen atoms in total. The second kappa shape index (κ2) is 12.9. The molecule has 1 fully saturated rings. The number of ether oxygens (including phenoxy) is 1. The number of amides is 1. The van der Waals surface area contributed by atoms with Gasteiger partial charge < -0.3 is 14.5 Å². The summed E-state index contributed by atoms with van der Waals surface area (Å²) in [5.74, 6) is 1.06. The van der Waals surface area contributed by atoms with E-state index in [0.717, 1.165) is 44.8 Å². The maximum Gasteiger partial charge on any atom is 0.263 e. The molecule has 1 saturated heterocycles. The Morgan fingerprint density at radius 1 is 0.966 bits per heavy atom. The Morgan fingerprint density at radius 2 is 1.62 bits per heavy atom. The van der Waals surface area contributed by atoms with Crippen LogP contribution < -0.4 is 4.74 Å². The number of carbonyl (C=O) groups is 1. The van der Waals surface area contributed by atoms with Gasteiger partial charge in [-0.15, -0.1) is 0 Å². The predicted molar refractivity (Wildman–Crippen MR) is 122 cm³/mol. The molecule has 0 spiro atoms. The zero-order valence-corrected chi connectivity index (χ0v) is 19.2. The Morgan fingerprint density at radius 3 is 2.24 bits per heavy atom. The lowest BCUT2D eigenvalue weighted by Crippen LogP contribution is -2.51. The molecule has 1 amide bonds. The quantitative estimate of drug-likeness (QED) is 0.457. The summed E-state index contributed by atoms with van der Waals surface area (Å²) in [5, 5.41) is 0. The van der Waals surface area contributed by atoms with E-state index >= 15 is 0 Å². The van der Waals surface area contributed by atoms with Gasteiger partial charge in [0.1, 0.15) is 5.75 Å². The number of piperazine rings is 1. The fourth-order valence-electron chi connectivity index (χ4n) is 3.94. The van der Waals surface area contributed by atoms with Crippen molar-refractivity contribution in [3.8, 4) is 5.75 Å². The van der Waals surface area contributed by atoms with Gasteiger partial charge in [0.2, 0.25) is 0 Å². The highest BCUT2D eigenvalue weighted by Crippen LogP contribution is 2.26. The van der Waals surface area contributed by atoms with Crippen LogP contribution >= 0.6 is 0 Å². The Balaban J connectivity index is 2.08. The van der Waals surface area contributed by atoms with Gasteiger partial charge in [-0.25, -0.2) is 0 Å². The maximum absolute atomic E-state index is 13.0. The second-order valence-electron chi connectivity index (χ2n) is 8.50. The fourth-order valence-corrected chi connectivity index (χ4v) is 3.94. The predicted octanol–water partition coefficient (Wildman–Crippen LogP) is 5.08. The third kappa shape index (κ3) is 7.65. The first-order valence-electron chi connectivity index (χ1n) is 11.8. The summed E-state index contributed by atoms with van der Waals surface area (Å²) in [4.78, 5) is 17.3. The first-order chi connectivity index (χ1) is 14.1. The zero-order valence-electron chi connectivity index (χ0n) is 19.2. The largest absolute Gasteiger partial charge is 0.480 e. The van der Waals surface area contributed by atoms with Crippen LogP contribution in [0.4, 0.5) is 0 Å². The van der Waals surface area contributed by atoms with Crippen LogP contribution in [0.25, 0.3) is 0 Å². The van der Waals surface area contributed by atoms with Crippen molar-refractivity contribution >= 4 is 5.91 Å². The molecule has 1 heterocycles. The molecule has 1 aliphatic heterocycles. The van der Waals surface area contributed by atoms with Crippen LogP contribution in [0, 0.1) is 0 Å². The molecule has 1 atom stereocenters. The maximum atomic E-state index is 13.0. The first-order valence-corrected chi connectivity index (χ1v) is 11.8. The van der Waals surface area contributed by atoms with Crippen molar-refractivity contribution in [2.24, 2.45) is 0 Å². The van der Waals surface area contributed by atoms with Crippen molar-refractivity contribution in [1.29, 1.82) is 0 Å². The molecule has 29 heavy (non-hydrogen) atoms. The van der Waals surface area contributed by atoms with Crippen LogP contribution in [0.2, 0.25) is 0 Å². The number of likely N-dealkylation sites (N-methyl/N-ethyl adjacent to an activating group) is 1. The molecular weight excluding hydrogens is 360 g/mol. The standard InChI is InChI=1S/C25H42N2O2/c1-5-8-10-12-21-14-15-24(22(20-21)13-11-9-6-2)29-23(7-3)25(28)27-18-16-26(4)17-19-27/h14-15,20,23H,5-13,16-19H2,1-4H3. The van der Waals surface area contributed by atoms with Crippen LogP contribution in [-0.2, 0) is 17.6 Å². The highest BCUT2D eigenvalue weighted by molar-refractivity contribution is 5.81. The monoisotopic (exact) mass is 402 g/mol. The molecule has 4 heteroatoms.